The monoisotopic (exact) mass is 259 g/mol. The summed E-state index contributed by atoms with van der Waals surface area (Å²) in [6.07, 6.45) is -4.63. The van der Waals surface area contributed by atoms with E-state index in [0.717, 1.165) is 0 Å². The summed E-state index contributed by atoms with van der Waals surface area (Å²) in [6, 6.07) is 6.44. The molecule has 18 heavy (non-hydrogen) atoms. The third kappa shape index (κ3) is 2.90. The number of alkyl halides is 3. The molecule has 0 aliphatic carbocycles. The molecular formula is C10H8F3N3O2. The standard InChI is InChI=1S/C10H8F3N3O2/c11-10(12,13)9-15-8(18-16-9)5-17-7-3-1-2-6(14)4-7/h1-4H,5,14H2. The van der Waals surface area contributed by atoms with Crippen LogP contribution in [-0.4, -0.2) is 10.1 Å². The van der Waals surface area contributed by atoms with Crippen molar-refractivity contribution in [1.82, 2.24) is 10.1 Å². The molecule has 0 saturated carbocycles. The van der Waals surface area contributed by atoms with Crippen LogP contribution in [0.15, 0.2) is 28.8 Å². The smallest absolute Gasteiger partial charge is 0.455 e. The Morgan fingerprint density at radius 3 is 2.72 bits per heavy atom. The Bertz CT molecular complexity index is 539. The van der Waals surface area contributed by atoms with Crippen molar-refractivity contribution >= 4 is 5.69 Å². The van der Waals surface area contributed by atoms with Gasteiger partial charge in [-0.25, -0.2) is 0 Å². The molecule has 8 heteroatoms. The number of hydrogen-bond acceptors (Lipinski definition) is 5. The topological polar surface area (TPSA) is 74.2 Å². The van der Waals surface area contributed by atoms with Gasteiger partial charge >= 0.3 is 6.18 Å². The SMILES string of the molecule is Nc1cccc(OCc2nc(C(F)(F)F)no2)c1. The predicted molar refractivity (Wildman–Crippen MR) is 54.5 cm³/mol. The minimum absolute atomic E-state index is 0.257. The highest BCUT2D eigenvalue weighted by Crippen LogP contribution is 2.26. The van der Waals surface area contributed by atoms with E-state index in [4.69, 9.17) is 10.5 Å². The Morgan fingerprint density at radius 1 is 1.33 bits per heavy atom. The van der Waals surface area contributed by atoms with Crippen LogP contribution in [0.5, 0.6) is 5.75 Å². The van der Waals surface area contributed by atoms with Crippen molar-refractivity contribution in [3.05, 3.63) is 36.0 Å². The molecule has 5 nitrogen and oxygen atoms in total. The molecule has 0 amide bonds. The lowest BCUT2D eigenvalue weighted by Crippen LogP contribution is -2.07. The van der Waals surface area contributed by atoms with Crippen molar-refractivity contribution in [2.24, 2.45) is 0 Å². The molecule has 2 rings (SSSR count). The Labute approximate surface area is 99.4 Å². The van der Waals surface area contributed by atoms with Gasteiger partial charge < -0.3 is 15.0 Å². The van der Waals surface area contributed by atoms with Crippen LogP contribution in [0.2, 0.25) is 0 Å². The van der Waals surface area contributed by atoms with Crippen LogP contribution in [0.25, 0.3) is 0 Å². The molecule has 0 radical (unpaired) electrons. The van der Waals surface area contributed by atoms with E-state index in [9.17, 15) is 13.2 Å². The Hall–Kier alpha value is -2.25. The van der Waals surface area contributed by atoms with Crippen molar-refractivity contribution < 1.29 is 22.4 Å². The summed E-state index contributed by atoms with van der Waals surface area (Å²) in [7, 11) is 0. The zero-order valence-electron chi connectivity index (χ0n) is 8.94. The number of nitrogen functional groups attached to an aromatic ring is 1. The number of ether oxygens (including phenoxy) is 1. The number of rotatable bonds is 3. The Kier molecular flexibility index (Phi) is 3.09. The van der Waals surface area contributed by atoms with Gasteiger partial charge in [0, 0.05) is 11.8 Å². The van der Waals surface area contributed by atoms with Crippen LogP contribution < -0.4 is 10.5 Å². The molecule has 2 aromatic rings. The van der Waals surface area contributed by atoms with E-state index in [1.807, 2.05) is 0 Å². The third-order valence-corrected chi connectivity index (χ3v) is 1.94. The molecule has 0 aliphatic rings. The number of benzene rings is 1. The predicted octanol–water partition coefficient (Wildman–Crippen LogP) is 2.25. The van der Waals surface area contributed by atoms with Crippen LogP contribution in [0, 0.1) is 0 Å². The van der Waals surface area contributed by atoms with E-state index in [1.54, 1.807) is 18.2 Å². The zero-order chi connectivity index (χ0) is 13.2. The summed E-state index contributed by atoms with van der Waals surface area (Å²) in [4.78, 5) is 3.16. The minimum Gasteiger partial charge on any atom is -0.484 e. The maximum atomic E-state index is 12.2. The molecule has 0 unspecified atom stereocenters. The maximum Gasteiger partial charge on any atom is 0.455 e. The van der Waals surface area contributed by atoms with Crippen LogP contribution in [0.4, 0.5) is 18.9 Å². The summed E-state index contributed by atoms with van der Waals surface area (Å²) in [5.41, 5.74) is 5.99. The van der Waals surface area contributed by atoms with Gasteiger partial charge in [0.2, 0.25) is 0 Å². The van der Waals surface area contributed by atoms with Gasteiger partial charge in [0.25, 0.3) is 11.7 Å². The second kappa shape index (κ2) is 4.55. The first-order valence-electron chi connectivity index (χ1n) is 4.83. The van der Waals surface area contributed by atoms with Gasteiger partial charge in [-0.3, -0.25) is 0 Å². The van der Waals surface area contributed by atoms with E-state index in [0.29, 0.717) is 11.4 Å². The molecule has 96 valence electrons. The molecule has 0 saturated heterocycles. The molecule has 0 atom stereocenters. The quantitative estimate of drug-likeness (QED) is 0.855. The first kappa shape index (κ1) is 12.2. The number of nitrogens with zero attached hydrogens (tertiary/aromatic N) is 2. The number of halogens is 3. The van der Waals surface area contributed by atoms with Crippen molar-refractivity contribution in [2.45, 2.75) is 12.8 Å². The van der Waals surface area contributed by atoms with Gasteiger partial charge in [0.1, 0.15) is 5.75 Å². The van der Waals surface area contributed by atoms with E-state index in [1.165, 1.54) is 6.07 Å². The van der Waals surface area contributed by atoms with Crippen molar-refractivity contribution in [3.8, 4) is 5.75 Å². The molecule has 2 N–H and O–H groups in total. The minimum atomic E-state index is -4.63. The lowest BCUT2D eigenvalue weighted by atomic mass is 10.3. The molecule has 0 spiro atoms. The van der Waals surface area contributed by atoms with E-state index in [2.05, 4.69) is 14.7 Å². The van der Waals surface area contributed by atoms with E-state index < -0.39 is 12.0 Å². The molecule has 0 fully saturated rings. The fraction of sp³-hybridized carbons (Fsp3) is 0.200. The van der Waals surface area contributed by atoms with Crippen LogP contribution in [0.3, 0.4) is 0 Å². The van der Waals surface area contributed by atoms with Crippen LogP contribution >= 0.6 is 0 Å². The highest BCUT2D eigenvalue weighted by atomic mass is 19.4. The number of aromatic nitrogens is 2. The lowest BCUT2D eigenvalue weighted by molar-refractivity contribution is -0.146. The fourth-order valence-corrected chi connectivity index (χ4v) is 1.18. The summed E-state index contributed by atoms with van der Waals surface area (Å²) in [5.74, 6) is -1.18. The highest BCUT2D eigenvalue weighted by Gasteiger charge is 2.37. The second-order valence-corrected chi connectivity index (χ2v) is 3.37. The second-order valence-electron chi connectivity index (χ2n) is 3.37. The van der Waals surface area contributed by atoms with Gasteiger partial charge in [0.05, 0.1) is 0 Å². The van der Waals surface area contributed by atoms with E-state index in [-0.39, 0.29) is 12.5 Å². The normalized spacial score (nSPS) is 11.5. The molecular weight excluding hydrogens is 251 g/mol. The lowest BCUT2D eigenvalue weighted by Gasteiger charge is -2.03. The summed E-state index contributed by atoms with van der Waals surface area (Å²) in [5, 5.41) is 2.80. The Balaban J connectivity index is 2.01. The fourth-order valence-electron chi connectivity index (χ4n) is 1.18. The van der Waals surface area contributed by atoms with Gasteiger partial charge in [-0.1, -0.05) is 11.2 Å². The van der Waals surface area contributed by atoms with Crippen LogP contribution in [0.1, 0.15) is 11.7 Å². The summed E-state index contributed by atoms with van der Waals surface area (Å²) >= 11 is 0. The maximum absolute atomic E-state index is 12.2. The van der Waals surface area contributed by atoms with Gasteiger partial charge in [0.15, 0.2) is 6.61 Å². The summed E-state index contributed by atoms with van der Waals surface area (Å²) in [6.45, 7) is -0.257. The molecule has 0 aliphatic heterocycles. The Morgan fingerprint density at radius 2 is 2.11 bits per heavy atom. The van der Waals surface area contributed by atoms with Crippen molar-refractivity contribution in [1.29, 1.82) is 0 Å². The van der Waals surface area contributed by atoms with Gasteiger partial charge in [-0.05, 0) is 12.1 Å². The van der Waals surface area contributed by atoms with Gasteiger partial charge in [-0.15, -0.1) is 0 Å². The third-order valence-electron chi connectivity index (χ3n) is 1.94. The molecule has 0 bridgehead atoms. The first-order chi connectivity index (χ1) is 8.45. The number of hydrogen-bond donors (Lipinski definition) is 1. The van der Waals surface area contributed by atoms with Gasteiger partial charge in [-0.2, -0.15) is 18.2 Å². The number of anilines is 1. The number of nitrogens with two attached hydrogens (primary N) is 1. The van der Waals surface area contributed by atoms with E-state index >= 15 is 0 Å². The van der Waals surface area contributed by atoms with Crippen molar-refractivity contribution in [3.63, 3.8) is 0 Å². The average Bonchev–Trinajstić information content (AvgIpc) is 2.74. The molecule has 1 aromatic heterocycles. The van der Waals surface area contributed by atoms with Crippen LogP contribution in [-0.2, 0) is 12.8 Å². The largest absolute Gasteiger partial charge is 0.484 e. The zero-order valence-corrected chi connectivity index (χ0v) is 8.94. The summed E-state index contributed by atoms with van der Waals surface area (Å²) < 4.78 is 46.1. The van der Waals surface area contributed by atoms with Crippen molar-refractivity contribution in [2.75, 3.05) is 5.73 Å². The molecule has 1 heterocycles. The first-order valence-corrected chi connectivity index (χ1v) is 4.83. The average molecular weight is 259 g/mol. The highest BCUT2D eigenvalue weighted by molar-refractivity contribution is 5.43. The molecule has 1 aromatic carbocycles.